The maximum Gasteiger partial charge on any atom is 0.250 e. The van der Waals surface area contributed by atoms with Gasteiger partial charge in [0.1, 0.15) is 11.3 Å². The SMILES string of the molecule is COc1ccc(NC(=O)C2(N(Cc3cccnc3)C(=O)CSc3nc(C)cc(C)n3)CCCC2)cc1. The van der Waals surface area contributed by atoms with Crippen LogP contribution >= 0.6 is 11.8 Å². The van der Waals surface area contributed by atoms with Crippen LogP contribution in [0.3, 0.4) is 0 Å². The molecule has 3 aromatic rings. The van der Waals surface area contributed by atoms with Crippen LogP contribution in [0, 0.1) is 13.8 Å². The lowest BCUT2D eigenvalue weighted by atomic mass is 9.92. The summed E-state index contributed by atoms with van der Waals surface area (Å²) in [7, 11) is 1.60. The first kappa shape index (κ1) is 25.6. The van der Waals surface area contributed by atoms with Crippen molar-refractivity contribution in [1.29, 1.82) is 0 Å². The van der Waals surface area contributed by atoms with E-state index in [-0.39, 0.29) is 17.6 Å². The van der Waals surface area contributed by atoms with Gasteiger partial charge in [0.05, 0.1) is 12.9 Å². The number of pyridine rings is 1. The Morgan fingerprint density at radius 2 is 1.78 bits per heavy atom. The lowest BCUT2D eigenvalue weighted by Gasteiger charge is -2.40. The highest BCUT2D eigenvalue weighted by atomic mass is 32.2. The fourth-order valence-electron chi connectivity index (χ4n) is 4.62. The molecule has 9 heteroatoms. The Morgan fingerprint density at radius 3 is 2.39 bits per heavy atom. The summed E-state index contributed by atoms with van der Waals surface area (Å²) in [6, 6.07) is 12.9. The van der Waals surface area contributed by atoms with Gasteiger partial charge in [-0.2, -0.15) is 0 Å². The van der Waals surface area contributed by atoms with Crippen LogP contribution in [-0.4, -0.2) is 50.1 Å². The summed E-state index contributed by atoms with van der Waals surface area (Å²) in [5.74, 6) is 0.553. The number of rotatable bonds is 9. The number of aryl methyl sites for hydroxylation is 2. The molecule has 0 unspecified atom stereocenters. The minimum absolute atomic E-state index is 0.126. The van der Waals surface area contributed by atoms with Gasteiger partial charge in [0.2, 0.25) is 11.8 Å². The predicted molar refractivity (Wildman–Crippen MR) is 140 cm³/mol. The van der Waals surface area contributed by atoms with Crippen molar-refractivity contribution >= 4 is 29.3 Å². The first-order valence-electron chi connectivity index (χ1n) is 12.0. The van der Waals surface area contributed by atoms with E-state index in [0.29, 0.717) is 36.0 Å². The maximum absolute atomic E-state index is 13.8. The van der Waals surface area contributed by atoms with Crippen LogP contribution in [0.5, 0.6) is 5.75 Å². The van der Waals surface area contributed by atoms with Crippen LogP contribution in [-0.2, 0) is 16.1 Å². The van der Waals surface area contributed by atoms with E-state index in [1.54, 1.807) is 48.7 Å². The zero-order valence-electron chi connectivity index (χ0n) is 20.9. The van der Waals surface area contributed by atoms with Crippen LogP contribution in [0.15, 0.2) is 60.0 Å². The molecule has 1 aromatic carbocycles. The molecule has 8 nitrogen and oxygen atoms in total. The molecule has 1 aliphatic carbocycles. The summed E-state index contributed by atoms with van der Waals surface area (Å²) < 4.78 is 5.22. The summed E-state index contributed by atoms with van der Waals surface area (Å²) in [5.41, 5.74) is 2.31. The fraction of sp³-hybridized carbons (Fsp3) is 0.370. The second-order valence-corrected chi connectivity index (χ2v) is 9.93. The van der Waals surface area contributed by atoms with Gasteiger partial charge < -0.3 is 15.0 Å². The van der Waals surface area contributed by atoms with Crippen LogP contribution in [0.1, 0.15) is 42.6 Å². The van der Waals surface area contributed by atoms with E-state index in [4.69, 9.17) is 4.74 Å². The van der Waals surface area contributed by atoms with Crippen LogP contribution in [0.4, 0.5) is 5.69 Å². The van der Waals surface area contributed by atoms with Crippen molar-refractivity contribution in [2.75, 3.05) is 18.2 Å². The van der Waals surface area contributed by atoms with E-state index < -0.39 is 5.54 Å². The number of methoxy groups -OCH3 is 1. The molecule has 0 bridgehead atoms. The zero-order chi connectivity index (χ0) is 25.5. The molecule has 0 radical (unpaired) electrons. The van der Waals surface area contributed by atoms with Gasteiger partial charge in [-0.05, 0) is 68.7 Å². The summed E-state index contributed by atoms with van der Waals surface area (Å²) >= 11 is 1.30. The molecule has 2 heterocycles. The highest BCUT2D eigenvalue weighted by molar-refractivity contribution is 7.99. The standard InChI is InChI=1S/C27H31N5O3S/c1-19-15-20(2)30-26(29-19)36-18-24(33)32(17-21-7-6-14-28-16-21)27(12-4-5-13-27)25(34)31-22-8-10-23(35-3)11-9-22/h6-11,14-16H,4-5,12-13,17-18H2,1-3H3,(H,31,34). The Balaban J connectivity index is 1.60. The molecule has 0 aliphatic heterocycles. The Morgan fingerprint density at radius 1 is 1.08 bits per heavy atom. The van der Waals surface area contributed by atoms with Gasteiger partial charge in [-0.3, -0.25) is 14.6 Å². The lowest BCUT2D eigenvalue weighted by molar-refractivity contribution is -0.144. The van der Waals surface area contributed by atoms with Crippen LogP contribution in [0.25, 0.3) is 0 Å². The number of thioether (sulfide) groups is 1. The molecule has 2 amide bonds. The highest BCUT2D eigenvalue weighted by Crippen LogP contribution is 2.38. The predicted octanol–water partition coefficient (Wildman–Crippen LogP) is 4.57. The maximum atomic E-state index is 13.8. The Hall–Kier alpha value is -3.46. The van der Waals surface area contributed by atoms with Gasteiger partial charge in [0, 0.05) is 36.0 Å². The number of aromatic nitrogens is 3. The molecule has 2 aromatic heterocycles. The van der Waals surface area contributed by atoms with E-state index >= 15 is 0 Å². The number of hydrogen-bond donors (Lipinski definition) is 1. The summed E-state index contributed by atoms with van der Waals surface area (Å²) in [6.45, 7) is 4.12. The molecule has 0 atom stereocenters. The van der Waals surface area contributed by atoms with Gasteiger partial charge in [-0.1, -0.05) is 30.7 Å². The number of carbonyl (C=O) groups excluding carboxylic acids is 2. The number of anilines is 1. The van der Waals surface area contributed by atoms with Crippen molar-refractivity contribution in [3.8, 4) is 5.75 Å². The third kappa shape index (κ3) is 6.02. The van der Waals surface area contributed by atoms with Gasteiger partial charge in [0.25, 0.3) is 0 Å². The average molecular weight is 506 g/mol. The van der Waals surface area contributed by atoms with Crippen molar-refractivity contribution in [2.45, 2.75) is 56.8 Å². The monoisotopic (exact) mass is 505 g/mol. The average Bonchev–Trinajstić information content (AvgIpc) is 3.37. The second-order valence-electron chi connectivity index (χ2n) is 8.98. The Labute approximate surface area is 215 Å². The van der Waals surface area contributed by atoms with E-state index in [2.05, 4.69) is 20.3 Å². The smallest absolute Gasteiger partial charge is 0.250 e. The van der Waals surface area contributed by atoms with Crippen LogP contribution in [0.2, 0.25) is 0 Å². The first-order chi connectivity index (χ1) is 17.4. The number of nitrogens with zero attached hydrogens (tertiary/aromatic N) is 4. The number of benzene rings is 1. The molecule has 1 fully saturated rings. The lowest BCUT2D eigenvalue weighted by Crippen LogP contribution is -2.57. The van der Waals surface area contributed by atoms with Gasteiger partial charge in [-0.25, -0.2) is 9.97 Å². The zero-order valence-corrected chi connectivity index (χ0v) is 21.7. The molecule has 0 saturated heterocycles. The normalized spacial score (nSPS) is 14.3. The number of nitrogens with one attached hydrogen (secondary N) is 1. The van der Waals surface area contributed by atoms with Crippen molar-refractivity contribution < 1.29 is 14.3 Å². The first-order valence-corrected chi connectivity index (χ1v) is 13.0. The molecular weight excluding hydrogens is 474 g/mol. The number of ether oxygens (including phenoxy) is 1. The van der Waals surface area contributed by atoms with E-state index in [1.165, 1.54) is 11.8 Å². The number of hydrogen-bond acceptors (Lipinski definition) is 7. The molecule has 36 heavy (non-hydrogen) atoms. The van der Waals surface area contributed by atoms with Crippen molar-refractivity contribution in [1.82, 2.24) is 19.9 Å². The summed E-state index contributed by atoms with van der Waals surface area (Å²) in [6.07, 6.45) is 6.40. The topological polar surface area (TPSA) is 97.3 Å². The quantitative estimate of drug-likeness (QED) is 0.336. The molecule has 0 spiro atoms. The Kier molecular flexibility index (Phi) is 8.20. The molecule has 1 aliphatic rings. The Bertz CT molecular complexity index is 1180. The van der Waals surface area contributed by atoms with E-state index in [9.17, 15) is 9.59 Å². The van der Waals surface area contributed by atoms with Crippen molar-refractivity contribution in [3.05, 3.63) is 71.8 Å². The van der Waals surface area contributed by atoms with Crippen molar-refractivity contribution in [2.24, 2.45) is 0 Å². The van der Waals surface area contributed by atoms with Gasteiger partial charge >= 0.3 is 0 Å². The third-order valence-corrected chi connectivity index (χ3v) is 7.20. The largest absolute Gasteiger partial charge is 0.497 e. The molecule has 1 N–H and O–H groups in total. The third-order valence-electron chi connectivity index (χ3n) is 6.37. The van der Waals surface area contributed by atoms with E-state index in [1.807, 2.05) is 32.0 Å². The van der Waals surface area contributed by atoms with Gasteiger partial charge in [0.15, 0.2) is 5.16 Å². The van der Waals surface area contributed by atoms with Gasteiger partial charge in [-0.15, -0.1) is 0 Å². The fourth-order valence-corrected chi connectivity index (χ4v) is 5.44. The second kappa shape index (κ2) is 11.5. The van der Waals surface area contributed by atoms with Crippen molar-refractivity contribution in [3.63, 3.8) is 0 Å². The summed E-state index contributed by atoms with van der Waals surface area (Å²) in [4.78, 5) is 42.4. The molecule has 1 saturated carbocycles. The van der Waals surface area contributed by atoms with Crippen LogP contribution < -0.4 is 10.1 Å². The number of carbonyl (C=O) groups is 2. The molecule has 4 rings (SSSR count). The summed E-state index contributed by atoms with van der Waals surface area (Å²) in [5, 5.41) is 3.61. The molecule has 188 valence electrons. The number of amides is 2. The molecular formula is C27H31N5O3S. The highest BCUT2D eigenvalue weighted by Gasteiger charge is 2.48. The minimum Gasteiger partial charge on any atom is -0.497 e. The van der Waals surface area contributed by atoms with E-state index in [0.717, 1.165) is 29.8 Å². The minimum atomic E-state index is -0.948.